The molecule has 0 aromatic rings. The van der Waals surface area contributed by atoms with Gasteiger partial charge in [0, 0.05) is 12.1 Å². The molecule has 2 aliphatic rings. The molecule has 0 bridgehead atoms. The highest BCUT2D eigenvalue weighted by Gasteiger charge is 2.21. The Morgan fingerprint density at radius 1 is 0.611 bits per heavy atom. The molecule has 2 rings (SSSR count). The number of ether oxygens (including phenoxy) is 2. The first kappa shape index (κ1) is 15.9. The fourth-order valence-corrected chi connectivity index (χ4v) is 2.91. The molecule has 0 saturated carbocycles. The molecule has 0 spiro atoms. The molecule has 6 atom stereocenters. The third-order valence-electron chi connectivity index (χ3n) is 3.47. The average Bonchev–Trinajstić information content (AvgIpc) is 2.12. The summed E-state index contributed by atoms with van der Waals surface area (Å²) < 4.78 is 11.0. The van der Waals surface area contributed by atoms with Crippen LogP contribution >= 0.6 is 0 Å². The molecule has 0 amide bonds. The van der Waals surface area contributed by atoms with Gasteiger partial charge in [0.1, 0.15) is 0 Å². The van der Waals surface area contributed by atoms with Gasteiger partial charge in [0.25, 0.3) is 0 Å². The summed E-state index contributed by atoms with van der Waals surface area (Å²) in [6.45, 7) is 8.32. The smallest absolute Gasteiger partial charge is 0.0565 e. The lowest BCUT2D eigenvalue weighted by molar-refractivity contribution is -0.0368. The van der Waals surface area contributed by atoms with Crippen LogP contribution in [0.4, 0.5) is 0 Å². The Morgan fingerprint density at radius 3 is 1.00 bits per heavy atom. The minimum atomic E-state index is 0.365. The van der Waals surface area contributed by atoms with Gasteiger partial charge < -0.3 is 20.9 Å². The molecular weight excluding hydrogens is 228 g/mol. The van der Waals surface area contributed by atoms with Gasteiger partial charge in [-0.05, 0) is 53.4 Å². The predicted octanol–water partition coefficient (Wildman–Crippen LogP) is 1.80. The Bertz CT molecular complexity index is 164. The Hall–Kier alpha value is -0.160. The van der Waals surface area contributed by atoms with Crippen LogP contribution in [0.5, 0.6) is 0 Å². The third kappa shape index (κ3) is 6.14. The second-order valence-electron chi connectivity index (χ2n) is 5.98. The van der Waals surface area contributed by atoms with Crippen LogP contribution in [0.2, 0.25) is 0 Å². The summed E-state index contributed by atoms with van der Waals surface area (Å²) in [5.74, 6) is 0. The number of hydrogen-bond donors (Lipinski definition) is 2. The molecule has 2 saturated heterocycles. The molecule has 4 heteroatoms. The Morgan fingerprint density at radius 2 is 0.833 bits per heavy atom. The summed E-state index contributed by atoms with van der Waals surface area (Å²) in [5, 5.41) is 0. The molecular formula is C14H30N2O2. The van der Waals surface area contributed by atoms with Crippen LogP contribution in [0.1, 0.15) is 53.4 Å². The number of nitrogens with two attached hydrogens (primary N) is 2. The Kier molecular flexibility index (Phi) is 6.57. The van der Waals surface area contributed by atoms with E-state index < -0.39 is 0 Å². The van der Waals surface area contributed by atoms with Gasteiger partial charge in [-0.15, -0.1) is 0 Å². The summed E-state index contributed by atoms with van der Waals surface area (Å²) in [6.07, 6.45) is 5.53. The van der Waals surface area contributed by atoms with E-state index in [1.54, 1.807) is 0 Å². The Balaban J connectivity index is 0.000000180. The van der Waals surface area contributed by atoms with Crippen molar-refractivity contribution >= 4 is 0 Å². The molecule has 4 nitrogen and oxygen atoms in total. The molecule has 0 aromatic carbocycles. The molecule has 0 radical (unpaired) electrons. The van der Waals surface area contributed by atoms with Gasteiger partial charge in [0.15, 0.2) is 0 Å². The van der Waals surface area contributed by atoms with E-state index in [1.807, 2.05) is 0 Å². The van der Waals surface area contributed by atoms with Crippen molar-refractivity contribution in [3.8, 4) is 0 Å². The minimum Gasteiger partial charge on any atom is -0.375 e. The van der Waals surface area contributed by atoms with E-state index in [4.69, 9.17) is 20.9 Å². The van der Waals surface area contributed by atoms with Gasteiger partial charge in [-0.1, -0.05) is 0 Å². The number of rotatable bonds is 0. The van der Waals surface area contributed by atoms with Crippen molar-refractivity contribution in [2.75, 3.05) is 0 Å². The maximum Gasteiger partial charge on any atom is 0.0565 e. The average molecular weight is 258 g/mol. The summed E-state index contributed by atoms with van der Waals surface area (Å²) in [5.41, 5.74) is 11.5. The van der Waals surface area contributed by atoms with Gasteiger partial charge in [-0.2, -0.15) is 0 Å². The zero-order chi connectivity index (χ0) is 13.7. The summed E-state index contributed by atoms with van der Waals surface area (Å²) in [7, 11) is 0. The summed E-state index contributed by atoms with van der Waals surface area (Å²) in [6, 6.07) is 0.729. The van der Waals surface area contributed by atoms with Crippen molar-refractivity contribution in [2.24, 2.45) is 11.5 Å². The largest absolute Gasteiger partial charge is 0.375 e. The van der Waals surface area contributed by atoms with Gasteiger partial charge in [-0.3, -0.25) is 0 Å². The van der Waals surface area contributed by atoms with Crippen molar-refractivity contribution < 1.29 is 9.47 Å². The van der Waals surface area contributed by atoms with Crippen LogP contribution in [-0.2, 0) is 9.47 Å². The quantitative estimate of drug-likeness (QED) is 0.695. The van der Waals surface area contributed by atoms with Crippen LogP contribution in [0.3, 0.4) is 0 Å². The highest BCUT2D eigenvalue weighted by Crippen LogP contribution is 2.17. The molecule has 2 unspecified atom stereocenters. The highest BCUT2D eigenvalue weighted by molar-refractivity contribution is 4.75. The van der Waals surface area contributed by atoms with Crippen molar-refractivity contribution in [1.82, 2.24) is 0 Å². The lowest BCUT2D eigenvalue weighted by Gasteiger charge is -2.29. The monoisotopic (exact) mass is 258 g/mol. The van der Waals surface area contributed by atoms with E-state index in [1.165, 1.54) is 0 Å². The van der Waals surface area contributed by atoms with Crippen LogP contribution in [0.15, 0.2) is 0 Å². The minimum absolute atomic E-state index is 0.365. The van der Waals surface area contributed by atoms with Crippen LogP contribution in [-0.4, -0.2) is 36.5 Å². The van der Waals surface area contributed by atoms with Crippen molar-refractivity contribution in [3.05, 3.63) is 0 Å². The van der Waals surface area contributed by atoms with Gasteiger partial charge in [0.2, 0.25) is 0 Å². The van der Waals surface area contributed by atoms with E-state index in [-0.39, 0.29) is 0 Å². The van der Waals surface area contributed by atoms with Crippen molar-refractivity contribution in [1.29, 1.82) is 0 Å². The van der Waals surface area contributed by atoms with Crippen molar-refractivity contribution in [3.63, 3.8) is 0 Å². The standard InChI is InChI=1S/2C7H15NO/c2*1-5-3-7(8)4-6(2)9-5/h2*5-7H,3-4,8H2,1-2H3/t2*5-,6+,7?. The molecule has 2 heterocycles. The molecule has 2 aliphatic heterocycles. The lowest BCUT2D eigenvalue weighted by atomic mass is 10.0. The molecule has 0 aromatic heterocycles. The molecule has 0 aliphatic carbocycles. The normalized spacial score (nSPS) is 45.0. The Labute approximate surface area is 111 Å². The molecule has 108 valence electrons. The lowest BCUT2D eigenvalue weighted by Crippen LogP contribution is -2.37. The van der Waals surface area contributed by atoms with E-state index in [9.17, 15) is 0 Å². The maximum absolute atomic E-state index is 5.74. The highest BCUT2D eigenvalue weighted by atomic mass is 16.5. The SMILES string of the molecule is C[C@@H]1CC(N)C[C@H](C)O1.C[C@@H]1CC(N)C[C@H](C)O1. The zero-order valence-electron chi connectivity index (χ0n) is 12.3. The van der Waals surface area contributed by atoms with E-state index >= 15 is 0 Å². The molecule has 4 N–H and O–H groups in total. The van der Waals surface area contributed by atoms with Gasteiger partial charge in [-0.25, -0.2) is 0 Å². The first-order chi connectivity index (χ1) is 8.36. The summed E-state index contributed by atoms with van der Waals surface area (Å²) >= 11 is 0. The number of hydrogen-bond acceptors (Lipinski definition) is 4. The van der Waals surface area contributed by atoms with Crippen LogP contribution in [0.25, 0.3) is 0 Å². The third-order valence-corrected chi connectivity index (χ3v) is 3.47. The van der Waals surface area contributed by atoms with Gasteiger partial charge in [0.05, 0.1) is 24.4 Å². The van der Waals surface area contributed by atoms with E-state index in [0.717, 1.165) is 25.7 Å². The topological polar surface area (TPSA) is 70.5 Å². The molecule has 2 fully saturated rings. The predicted molar refractivity (Wildman–Crippen MR) is 74.4 cm³/mol. The first-order valence-corrected chi connectivity index (χ1v) is 7.18. The maximum atomic E-state index is 5.74. The second-order valence-corrected chi connectivity index (χ2v) is 5.98. The van der Waals surface area contributed by atoms with E-state index in [0.29, 0.717) is 36.5 Å². The fraction of sp³-hybridized carbons (Fsp3) is 1.00. The second kappa shape index (κ2) is 7.43. The van der Waals surface area contributed by atoms with Crippen molar-refractivity contribution in [2.45, 2.75) is 89.9 Å². The van der Waals surface area contributed by atoms with Crippen LogP contribution < -0.4 is 11.5 Å². The van der Waals surface area contributed by atoms with Gasteiger partial charge >= 0.3 is 0 Å². The molecule has 18 heavy (non-hydrogen) atoms. The summed E-state index contributed by atoms with van der Waals surface area (Å²) in [4.78, 5) is 0. The van der Waals surface area contributed by atoms with Crippen LogP contribution in [0, 0.1) is 0 Å². The first-order valence-electron chi connectivity index (χ1n) is 7.18. The fourth-order valence-electron chi connectivity index (χ4n) is 2.91. The van der Waals surface area contributed by atoms with E-state index in [2.05, 4.69) is 27.7 Å². The zero-order valence-corrected chi connectivity index (χ0v) is 12.3.